The molecular formula is C10H14N4O. The molecule has 1 N–H and O–H groups in total. The van der Waals surface area contributed by atoms with Crippen molar-refractivity contribution >= 4 is 5.91 Å². The maximum absolute atomic E-state index is 11.6. The van der Waals surface area contributed by atoms with Crippen molar-refractivity contribution in [3.8, 4) is 6.07 Å². The van der Waals surface area contributed by atoms with Gasteiger partial charge in [0.15, 0.2) is 0 Å². The molecular weight excluding hydrogens is 192 g/mol. The van der Waals surface area contributed by atoms with Gasteiger partial charge >= 0.3 is 0 Å². The van der Waals surface area contributed by atoms with Crippen LogP contribution in [0.2, 0.25) is 0 Å². The van der Waals surface area contributed by atoms with E-state index in [2.05, 4.69) is 10.3 Å². The first-order valence-corrected chi connectivity index (χ1v) is 4.91. The molecule has 1 amide bonds. The average molecular weight is 206 g/mol. The van der Waals surface area contributed by atoms with E-state index in [4.69, 9.17) is 5.26 Å². The standard InChI is InChI=1S/C10H14N4O/c1-3-4-13-10(15)8(2)14-6-5-12-9(14)7-11/h5-6,8H,3-4H2,1-2H3,(H,13,15). The average Bonchev–Trinajstić information content (AvgIpc) is 2.72. The number of carbonyl (C=O) groups is 1. The predicted molar refractivity (Wildman–Crippen MR) is 55.0 cm³/mol. The molecule has 0 saturated carbocycles. The van der Waals surface area contributed by atoms with Crippen LogP contribution in [0.1, 0.15) is 32.1 Å². The molecule has 15 heavy (non-hydrogen) atoms. The fourth-order valence-electron chi connectivity index (χ4n) is 1.23. The lowest BCUT2D eigenvalue weighted by Crippen LogP contribution is -2.31. The second kappa shape index (κ2) is 5.15. The van der Waals surface area contributed by atoms with Crippen molar-refractivity contribution < 1.29 is 4.79 Å². The molecule has 0 fully saturated rings. The lowest BCUT2D eigenvalue weighted by atomic mass is 10.3. The van der Waals surface area contributed by atoms with Gasteiger partial charge in [0.05, 0.1) is 0 Å². The van der Waals surface area contributed by atoms with Crippen LogP contribution in [0.15, 0.2) is 12.4 Å². The summed E-state index contributed by atoms with van der Waals surface area (Å²) < 4.78 is 1.56. The van der Waals surface area contributed by atoms with E-state index in [1.54, 1.807) is 17.7 Å². The minimum absolute atomic E-state index is 0.0913. The maximum atomic E-state index is 11.6. The number of nitrogens with one attached hydrogen (secondary N) is 1. The molecule has 0 saturated heterocycles. The fraction of sp³-hybridized carbons (Fsp3) is 0.500. The summed E-state index contributed by atoms with van der Waals surface area (Å²) in [7, 11) is 0. The van der Waals surface area contributed by atoms with Gasteiger partial charge in [-0.1, -0.05) is 6.92 Å². The summed E-state index contributed by atoms with van der Waals surface area (Å²) in [4.78, 5) is 15.4. The molecule has 1 atom stereocenters. The number of nitriles is 1. The first-order chi connectivity index (χ1) is 7.20. The molecule has 5 heteroatoms. The third-order valence-electron chi connectivity index (χ3n) is 2.11. The van der Waals surface area contributed by atoms with E-state index in [1.807, 2.05) is 13.0 Å². The Kier molecular flexibility index (Phi) is 3.86. The molecule has 0 spiro atoms. The van der Waals surface area contributed by atoms with Crippen LogP contribution in [0.4, 0.5) is 0 Å². The Morgan fingerprint density at radius 2 is 2.53 bits per heavy atom. The Morgan fingerprint density at radius 1 is 1.80 bits per heavy atom. The van der Waals surface area contributed by atoms with E-state index < -0.39 is 6.04 Å². The topological polar surface area (TPSA) is 70.7 Å². The van der Waals surface area contributed by atoms with E-state index in [1.165, 1.54) is 6.20 Å². The fourth-order valence-corrected chi connectivity index (χ4v) is 1.23. The molecule has 5 nitrogen and oxygen atoms in total. The van der Waals surface area contributed by atoms with E-state index in [-0.39, 0.29) is 11.7 Å². The van der Waals surface area contributed by atoms with Gasteiger partial charge in [0.1, 0.15) is 12.1 Å². The SMILES string of the molecule is CCCNC(=O)C(C)n1ccnc1C#N. The predicted octanol–water partition coefficient (Wildman–Crippen LogP) is 0.842. The number of amides is 1. The molecule has 1 aromatic rings. The first-order valence-electron chi connectivity index (χ1n) is 4.91. The lowest BCUT2D eigenvalue weighted by molar-refractivity contribution is -0.123. The summed E-state index contributed by atoms with van der Waals surface area (Å²) in [6.45, 7) is 4.39. The second-order valence-electron chi connectivity index (χ2n) is 3.24. The molecule has 0 aromatic carbocycles. The van der Waals surface area contributed by atoms with Gasteiger partial charge in [0, 0.05) is 18.9 Å². The highest BCUT2D eigenvalue weighted by molar-refractivity contribution is 5.80. The lowest BCUT2D eigenvalue weighted by Gasteiger charge is -2.13. The van der Waals surface area contributed by atoms with Crippen molar-refractivity contribution in [1.82, 2.24) is 14.9 Å². The smallest absolute Gasteiger partial charge is 0.242 e. The zero-order valence-electron chi connectivity index (χ0n) is 8.90. The van der Waals surface area contributed by atoms with Crippen molar-refractivity contribution in [2.75, 3.05) is 6.54 Å². The van der Waals surface area contributed by atoms with Crippen LogP contribution in [-0.2, 0) is 4.79 Å². The zero-order valence-corrected chi connectivity index (χ0v) is 8.90. The van der Waals surface area contributed by atoms with Crippen molar-refractivity contribution in [2.24, 2.45) is 0 Å². The minimum Gasteiger partial charge on any atom is -0.354 e. The van der Waals surface area contributed by atoms with Crippen LogP contribution in [-0.4, -0.2) is 22.0 Å². The Morgan fingerprint density at radius 3 is 3.13 bits per heavy atom. The summed E-state index contributed by atoms with van der Waals surface area (Å²) in [5.74, 6) is 0.167. The van der Waals surface area contributed by atoms with Crippen molar-refractivity contribution in [2.45, 2.75) is 26.3 Å². The number of carbonyl (C=O) groups excluding carboxylic acids is 1. The summed E-state index contributed by atoms with van der Waals surface area (Å²) in [5.41, 5.74) is 0. The number of hydrogen-bond donors (Lipinski definition) is 1. The molecule has 0 aliphatic carbocycles. The normalized spacial score (nSPS) is 11.8. The van der Waals surface area contributed by atoms with Gasteiger partial charge in [0.2, 0.25) is 11.7 Å². The van der Waals surface area contributed by atoms with Gasteiger partial charge in [0.25, 0.3) is 0 Å². The van der Waals surface area contributed by atoms with E-state index >= 15 is 0 Å². The van der Waals surface area contributed by atoms with E-state index in [0.717, 1.165) is 6.42 Å². The summed E-state index contributed by atoms with van der Waals surface area (Å²) in [6, 6.07) is 1.54. The summed E-state index contributed by atoms with van der Waals surface area (Å²) >= 11 is 0. The molecule has 80 valence electrons. The number of nitrogens with zero attached hydrogens (tertiary/aromatic N) is 3. The van der Waals surface area contributed by atoms with Gasteiger partial charge in [-0.15, -0.1) is 0 Å². The summed E-state index contributed by atoms with van der Waals surface area (Å²) in [5, 5.41) is 11.5. The van der Waals surface area contributed by atoms with Crippen molar-refractivity contribution in [3.05, 3.63) is 18.2 Å². The largest absolute Gasteiger partial charge is 0.354 e. The Hall–Kier alpha value is -1.83. The summed E-state index contributed by atoms with van der Waals surface area (Å²) in [6.07, 6.45) is 4.05. The quantitative estimate of drug-likeness (QED) is 0.793. The third kappa shape index (κ3) is 2.56. The molecule has 0 aliphatic heterocycles. The van der Waals surface area contributed by atoms with Crippen molar-refractivity contribution in [3.63, 3.8) is 0 Å². The van der Waals surface area contributed by atoms with Crippen LogP contribution in [0.25, 0.3) is 0 Å². The molecule has 1 aromatic heterocycles. The number of aromatic nitrogens is 2. The number of rotatable bonds is 4. The van der Waals surface area contributed by atoms with Crippen LogP contribution >= 0.6 is 0 Å². The molecule has 0 aliphatic rings. The van der Waals surface area contributed by atoms with Gasteiger partial charge in [-0.25, -0.2) is 4.98 Å². The molecule has 1 unspecified atom stereocenters. The molecule has 1 rings (SSSR count). The van der Waals surface area contributed by atoms with Crippen LogP contribution in [0.3, 0.4) is 0 Å². The molecule has 1 heterocycles. The van der Waals surface area contributed by atoms with E-state index in [9.17, 15) is 4.79 Å². The Balaban J connectivity index is 2.72. The monoisotopic (exact) mass is 206 g/mol. The van der Waals surface area contributed by atoms with E-state index in [0.29, 0.717) is 6.54 Å². The Labute approximate surface area is 88.7 Å². The van der Waals surface area contributed by atoms with Crippen LogP contribution in [0.5, 0.6) is 0 Å². The van der Waals surface area contributed by atoms with Gasteiger partial charge in [-0.2, -0.15) is 5.26 Å². The van der Waals surface area contributed by atoms with Crippen molar-refractivity contribution in [1.29, 1.82) is 5.26 Å². The highest BCUT2D eigenvalue weighted by atomic mass is 16.2. The maximum Gasteiger partial charge on any atom is 0.242 e. The molecule has 0 radical (unpaired) electrons. The first kappa shape index (κ1) is 11.2. The van der Waals surface area contributed by atoms with Crippen LogP contribution in [0, 0.1) is 11.3 Å². The third-order valence-corrected chi connectivity index (χ3v) is 2.11. The second-order valence-corrected chi connectivity index (χ2v) is 3.24. The highest BCUT2D eigenvalue weighted by Crippen LogP contribution is 2.08. The minimum atomic E-state index is -0.395. The van der Waals surface area contributed by atoms with Gasteiger partial charge < -0.3 is 9.88 Å². The highest BCUT2D eigenvalue weighted by Gasteiger charge is 2.16. The van der Waals surface area contributed by atoms with Gasteiger partial charge in [-0.3, -0.25) is 4.79 Å². The molecule has 0 bridgehead atoms. The Bertz CT molecular complexity index is 377. The zero-order chi connectivity index (χ0) is 11.3. The van der Waals surface area contributed by atoms with Gasteiger partial charge in [-0.05, 0) is 13.3 Å². The number of hydrogen-bond acceptors (Lipinski definition) is 3. The number of imidazole rings is 1. The van der Waals surface area contributed by atoms with Crippen LogP contribution < -0.4 is 5.32 Å².